The van der Waals surface area contributed by atoms with Gasteiger partial charge < -0.3 is 18.9 Å². The minimum Gasteiger partial charge on any atom is -0.375 e. The molecule has 0 saturated carbocycles. The molecule has 0 aromatic heterocycles. The van der Waals surface area contributed by atoms with Crippen molar-refractivity contribution in [2.24, 2.45) is 0 Å². The van der Waals surface area contributed by atoms with Crippen molar-refractivity contribution >= 4 is 0 Å². The number of epoxide rings is 2. The molecule has 0 aliphatic carbocycles. The van der Waals surface area contributed by atoms with Gasteiger partial charge in [-0.3, -0.25) is 0 Å². The summed E-state index contributed by atoms with van der Waals surface area (Å²) in [7, 11) is 0. The second-order valence-corrected chi connectivity index (χ2v) is 5.25. The van der Waals surface area contributed by atoms with Crippen LogP contribution in [0.1, 0.15) is 39.5 Å². The van der Waals surface area contributed by atoms with Crippen molar-refractivity contribution in [3.63, 3.8) is 0 Å². The lowest BCUT2D eigenvalue weighted by Gasteiger charge is -2.23. The Kier molecular flexibility index (Phi) is 5.89. The van der Waals surface area contributed by atoms with E-state index >= 15 is 0 Å². The molecule has 4 atom stereocenters. The van der Waals surface area contributed by atoms with Crippen LogP contribution in [-0.2, 0) is 18.9 Å². The molecule has 18 heavy (non-hydrogen) atoms. The Morgan fingerprint density at radius 2 is 1.56 bits per heavy atom. The predicted octanol–water partition coefficient (Wildman–Crippen LogP) is 2.15. The molecule has 2 rings (SSSR count). The number of hydrogen-bond donors (Lipinski definition) is 0. The van der Waals surface area contributed by atoms with Gasteiger partial charge in [0.25, 0.3) is 0 Å². The summed E-state index contributed by atoms with van der Waals surface area (Å²) in [6.45, 7) is 7.58. The third-order valence-electron chi connectivity index (χ3n) is 3.43. The Hall–Kier alpha value is -0.160. The first-order valence-electron chi connectivity index (χ1n) is 7.28. The summed E-state index contributed by atoms with van der Waals surface area (Å²) in [5.74, 6) is 0. The van der Waals surface area contributed by atoms with Crippen molar-refractivity contribution in [3.8, 4) is 0 Å². The summed E-state index contributed by atoms with van der Waals surface area (Å²) in [6.07, 6.45) is 5.59. The van der Waals surface area contributed by atoms with Crippen molar-refractivity contribution in [1.82, 2.24) is 0 Å². The standard InChI is InChI=1S/C14H26O4/c1-3-5-12(16-8-14-10-18-14)6-11(4-2)15-7-13-9-17-13/h11-14H,3-10H2,1-2H3. The number of hydrogen-bond acceptors (Lipinski definition) is 4. The molecule has 4 unspecified atom stereocenters. The Balaban J connectivity index is 1.65. The van der Waals surface area contributed by atoms with Crippen LogP contribution in [0.15, 0.2) is 0 Å². The molecule has 2 heterocycles. The van der Waals surface area contributed by atoms with Gasteiger partial charge in [-0.25, -0.2) is 0 Å². The molecule has 0 radical (unpaired) electrons. The summed E-state index contributed by atoms with van der Waals surface area (Å²) in [5, 5.41) is 0. The van der Waals surface area contributed by atoms with Crippen LogP contribution in [0.3, 0.4) is 0 Å². The molecule has 106 valence electrons. The van der Waals surface area contributed by atoms with Crippen molar-refractivity contribution in [2.75, 3.05) is 26.4 Å². The number of rotatable bonds is 11. The lowest BCUT2D eigenvalue weighted by atomic mass is 10.1. The summed E-state index contributed by atoms with van der Waals surface area (Å²) in [6, 6.07) is 0. The second-order valence-electron chi connectivity index (χ2n) is 5.25. The highest BCUT2D eigenvalue weighted by Crippen LogP contribution is 2.19. The molecular weight excluding hydrogens is 232 g/mol. The summed E-state index contributed by atoms with van der Waals surface area (Å²) in [4.78, 5) is 0. The zero-order chi connectivity index (χ0) is 12.8. The fourth-order valence-corrected chi connectivity index (χ4v) is 2.05. The smallest absolute Gasteiger partial charge is 0.104 e. The Morgan fingerprint density at radius 3 is 2.00 bits per heavy atom. The fraction of sp³-hybridized carbons (Fsp3) is 1.00. The first kappa shape index (κ1) is 14.3. The fourth-order valence-electron chi connectivity index (χ4n) is 2.05. The van der Waals surface area contributed by atoms with Crippen LogP contribution < -0.4 is 0 Å². The van der Waals surface area contributed by atoms with E-state index in [4.69, 9.17) is 18.9 Å². The van der Waals surface area contributed by atoms with E-state index in [-0.39, 0.29) is 0 Å². The average Bonchev–Trinajstić information content (AvgIpc) is 3.26. The first-order valence-corrected chi connectivity index (χ1v) is 7.28. The van der Waals surface area contributed by atoms with Gasteiger partial charge in [-0.05, 0) is 19.3 Å². The monoisotopic (exact) mass is 258 g/mol. The molecule has 4 nitrogen and oxygen atoms in total. The van der Waals surface area contributed by atoms with Gasteiger partial charge >= 0.3 is 0 Å². The van der Waals surface area contributed by atoms with Gasteiger partial charge in [0.05, 0.1) is 38.6 Å². The van der Waals surface area contributed by atoms with Crippen LogP contribution in [0, 0.1) is 0 Å². The van der Waals surface area contributed by atoms with Crippen LogP contribution >= 0.6 is 0 Å². The van der Waals surface area contributed by atoms with Crippen molar-refractivity contribution in [2.45, 2.75) is 63.9 Å². The lowest BCUT2D eigenvalue weighted by Crippen LogP contribution is -2.25. The average molecular weight is 258 g/mol. The van der Waals surface area contributed by atoms with Gasteiger partial charge in [-0.15, -0.1) is 0 Å². The van der Waals surface area contributed by atoms with Gasteiger partial charge in [0, 0.05) is 0 Å². The first-order chi connectivity index (χ1) is 8.81. The molecule has 0 amide bonds. The highest BCUT2D eigenvalue weighted by atomic mass is 16.6. The van der Waals surface area contributed by atoms with Crippen molar-refractivity contribution in [1.29, 1.82) is 0 Å². The quantitative estimate of drug-likeness (QED) is 0.533. The summed E-state index contributed by atoms with van der Waals surface area (Å²) < 4.78 is 22.2. The minimum atomic E-state index is 0.297. The minimum absolute atomic E-state index is 0.297. The van der Waals surface area contributed by atoms with Crippen molar-refractivity contribution < 1.29 is 18.9 Å². The highest BCUT2D eigenvalue weighted by Gasteiger charge is 2.27. The molecule has 0 aromatic carbocycles. The van der Waals surface area contributed by atoms with Crippen LogP contribution in [0.2, 0.25) is 0 Å². The Bertz CT molecular complexity index is 226. The molecule has 2 aliphatic heterocycles. The topological polar surface area (TPSA) is 43.5 Å². The molecule has 2 fully saturated rings. The maximum Gasteiger partial charge on any atom is 0.104 e. The van der Waals surface area contributed by atoms with Gasteiger partial charge in [0.2, 0.25) is 0 Å². The molecule has 2 aliphatic rings. The van der Waals surface area contributed by atoms with Crippen LogP contribution in [0.5, 0.6) is 0 Å². The number of ether oxygens (including phenoxy) is 4. The van der Waals surface area contributed by atoms with E-state index in [9.17, 15) is 0 Å². The Labute approximate surface area is 110 Å². The highest BCUT2D eigenvalue weighted by molar-refractivity contribution is 4.73. The molecule has 0 aromatic rings. The maximum absolute atomic E-state index is 5.92. The van der Waals surface area contributed by atoms with E-state index in [1.807, 2.05) is 0 Å². The van der Waals surface area contributed by atoms with Gasteiger partial charge in [-0.2, -0.15) is 0 Å². The van der Waals surface area contributed by atoms with Gasteiger partial charge in [-0.1, -0.05) is 20.3 Å². The lowest BCUT2D eigenvalue weighted by molar-refractivity contribution is -0.0286. The molecule has 0 N–H and O–H groups in total. The zero-order valence-electron chi connectivity index (χ0n) is 11.6. The SMILES string of the molecule is CCCC(CC(CC)OCC1CO1)OCC1CO1. The van der Waals surface area contributed by atoms with E-state index in [1.165, 1.54) is 0 Å². The van der Waals surface area contributed by atoms with Crippen LogP contribution in [-0.4, -0.2) is 50.8 Å². The Morgan fingerprint density at radius 1 is 1.00 bits per heavy atom. The zero-order valence-corrected chi connectivity index (χ0v) is 11.6. The molecule has 2 saturated heterocycles. The molecule has 0 spiro atoms. The normalized spacial score (nSPS) is 29.0. The van der Waals surface area contributed by atoms with Crippen LogP contribution in [0.4, 0.5) is 0 Å². The van der Waals surface area contributed by atoms with Gasteiger partial charge in [0.15, 0.2) is 0 Å². The third kappa shape index (κ3) is 5.65. The third-order valence-corrected chi connectivity index (χ3v) is 3.43. The van der Waals surface area contributed by atoms with E-state index in [1.54, 1.807) is 0 Å². The van der Waals surface area contributed by atoms with E-state index in [0.717, 1.165) is 52.1 Å². The molecular formula is C14H26O4. The van der Waals surface area contributed by atoms with Gasteiger partial charge in [0.1, 0.15) is 12.2 Å². The predicted molar refractivity (Wildman–Crippen MR) is 68.8 cm³/mol. The molecule has 4 heteroatoms. The van der Waals surface area contributed by atoms with E-state index < -0.39 is 0 Å². The second kappa shape index (κ2) is 7.43. The largest absolute Gasteiger partial charge is 0.375 e. The van der Waals surface area contributed by atoms with E-state index in [0.29, 0.717) is 24.4 Å². The van der Waals surface area contributed by atoms with Crippen molar-refractivity contribution in [3.05, 3.63) is 0 Å². The summed E-state index contributed by atoms with van der Waals surface area (Å²) in [5.41, 5.74) is 0. The maximum atomic E-state index is 5.92. The van der Waals surface area contributed by atoms with E-state index in [2.05, 4.69) is 13.8 Å². The summed E-state index contributed by atoms with van der Waals surface area (Å²) >= 11 is 0. The van der Waals surface area contributed by atoms with Crippen LogP contribution in [0.25, 0.3) is 0 Å². The molecule has 0 bridgehead atoms.